The van der Waals surface area contributed by atoms with Crippen molar-refractivity contribution in [2.75, 3.05) is 6.61 Å². The summed E-state index contributed by atoms with van der Waals surface area (Å²) in [6.07, 6.45) is 3.18. The van der Waals surface area contributed by atoms with Crippen molar-refractivity contribution in [1.82, 2.24) is 0 Å². The molecule has 2 nitrogen and oxygen atoms in total. The van der Waals surface area contributed by atoms with Gasteiger partial charge in [0.25, 0.3) is 0 Å². The van der Waals surface area contributed by atoms with Crippen LogP contribution < -0.4 is 4.74 Å². The Labute approximate surface area is 132 Å². The molecule has 0 N–H and O–H groups in total. The van der Waals surface area contributed by atoms with Crippen LogP contribution in [0, 0.1) is 21.7 Å². The van der Waals surface area contributed by atoms with E-state index < -0.39 is 18.4 Å². The Bertz CT molecular complexity index is 570. The summed E-state index contributed by atoms with van der Waals surface area (Å²) in [5.41, 5.74) is 0.963. The molecule has 1 fully saturated rings. The molecule has 1 aromatic carbocycles. The zero-order chi connectivity index (χ0) is 15.1. The molecule has 2 rings (SSSR count). The van der Waals surface area contributed by atoms with Gasteiger partial charge in [0.2, 0.25) is 0 Å². The van der Waals surface area contributed by atoms with Gasteiger partial charge in [-0.2, -0.15) is 0 Å². The van der Waals surface area contributed by atoms with Gasteiger partial charge in [0.05, 0.1) is 0 Å². The van der Waals surface area contributed by atoms with Crippen molar-refractivity contribution < 1.29 is 9.47 Å². The molecule has 1 aliphatic rings. The van der Waals surface area contributed by atoms with Crippen molar-refractivity contribution in [2.45, 2.75) is 40.4 Å². The number of benzene rings is 1. The third kappa shape index (κ3) is 6.46. The van der Waals surface area contributed by atoms with Gasteiger partial charge in [-0.15, -0.1) is 0 Å². The second-order valence-corrected chi connectivity index (χ2v) is 19.7. The van der Waals surface area contributed by atoms with Crippen LogP contribution in [0.25, 0.3) is 0 Å². The molecule has 3 heteroatoms. The molecule has 1 aliphatic heterocycles. The second kappa shape index (κ2) is 7.78. The van der Waals surface area contributed by atoms with Gasteiger partial charge in [0, 0.05) is 0 Å². The minimum atomic E-state index is -2.00. The zero-order valence-electron chi connectivity index (χ0n) is 13.0. The maximum atomic E-state index is 5.79. The van der Waals surface area contributed by atoms with Crippen LogP contribution in [-0.4, -0.2) is 31.3 Å². The van der Waals surface area contributed by atoms with E-state index in [0.29, 0.717) is 0 Å². The third-order valence-corrected chi connectivity index (χ3v) is 5.46. The van der Waals surface area contributed by atoms with Crippen molar-refractivity contribution in [3.05, 3.63) is 29.8 Å². The van der Waals surface area contributed by atoms with Crippen molar-refractivity contribution in [3.8, 4) is 27.4 Å². The van der Waals surface area contributed by atoms with Gasteiger partial charge in [-0.05, 0) is 6.42 Å². The quantitative estimate of drug-likeness (QED) is 0.566. The molecule has 0 spiro atoms. The van der Waals surface area contributed by atoms with Crippen LogP contribution >= 0.6 is 0 Å². The van der Waals surface area contributed by atoms with Crippen LogP contribution in [-0.2, 0) is 4.74 Å². The summed E-state index contributed by atoms with van der Waals surface area (Å²) >= 11 is -2.00. The fourth-order valence-electron chi connectivity index (χ4n) is 1.89. The van der Waals surface area contributed by atoms with E-state index in [0.717, 1.165) is 30.8 Å². The van der Waals surface area contributed by atoms with Gasteiger partial charge in [0.15, 0.2) is 0 Å². The van der Waals surface area contributed by atoms with E-state index in [1.165, 1.54) is 6.42 Å². The van der Waals surface area contributed by atoms with Crippen molar-refractivity contribution in [2.24, 2.45) is 0 Å². The van der Waals surface area contributed by atoms with Gasteiger partial charge in [-0.3, -0.25) is 0 Å². The van der Waals surface area contributed by atoms with E-state index in [-0.39, 0.29) is 6.29 Å². The first-order valence-electron chi connectivity index (χ1n) is 7.44. The fourth-order valence-corrected chi connectivity index (χ4v) is 3.14. The van der Waals surface area contributed by atoms with Crippen molar-refractivity contribution in [1.29, 1.82) is 0 Å². The zero-order valence-corrected chi connectivity index (χ0v) is 15.9. The minimum absolute atomic E-state index is 0.0965. The van der Waals surface area contributed by atoms with Crippen LogP contribution in [0.1, 0.15) is 24.8 Å². The Morgan fingerprint density at radius 3 is 2.48 bits per heavy atom. The van der Waals surface area contributed by atoms with E-state index in [1.54, 1.807) is 0 Å². The van der Waals surface area contributed by atoms with E-state index in [4.69, 9.17) is 9.47 Å². The molecule has 0 bridgehead atoms. The number of ether oxygens (including phenoxy) is 2. The Hall–Kier alpha value is -1.10. The predicted molar refractivity (Wildman–Crippen MR) is 88.7 cm³/mol. The molecule has 1 atom stereocenters. The van der Waals surface area contributed by atoms with Gasteiger partial charge in [0.1, 0.15) is 0 Å². The molecular weight excluding hydrogens is 367 g/mol. The van der Waals surface area contributed by atoms with Gasteiger partial charge in [-0.25, -0.2) is 0 Å². The molecule has 1 aromatic rings. The number of hydrogen-bond donors (Lipinski definition) is 0. The molecule has 0 aromatic heterocycles. The summed E-state index contributed by atoms with van der Waals surface area (Å²) in [6.45, 7) is 0.797. The van der Waals surface area contributed by atoms with E-state index in [2.05, 4.69) is 36.5 Å². The SMILES string of the molecule is [CH3][Sn]([CH3])([CH3])[C]#CC#Cc1ccc(OC2CCCCO2)cc1. The van der Waals surface area contributed by atoms with Crippen LogP contribution in [0.15, 0.2) is 24.3 Å². The van der Waals surface area contributed by atoms with E-state index >= 15 is 0 Å². The monoisotopic (exact) mass is 390 g/mol. The normalized spacial score (nSPS) is 18.0. The van der Waals surface area contributed by atoms with Gasteiger partial charge >= 0.3 is 126 Å². The standard InChI is InChI=1S/C15H13O2.3CH3.Sn/c1-2-3-6-13-8-10-14(11-9-13)17-15-7-4-5-12-16-15;;;;/h8-11,15H,4-5,7,12H2;3*1H3;. The van der Waals surface area contributed by atoms with Crippen molar-refractivity contribution >= 4 is 18.4 Å². The van der Waals surface area contributed by atoms with Crippen molar-refractivity contribution in [3.63, 3.8) is 0 Å². The molecule has 1 unspecified atom stereocenters. The Kier molecular flexibility index (Phi) is 6.03. The third-order valence-electron chi connectivity index (χ3n) is 2.97. The number of rotatable bonds is 2. The Morgan fingerprint density at radius 2 is 1.86 bits per heavy atom. The van der Waals surface area contributed by atoms with Gasteiger partial charge < -0.3 is 0 Å². The summed E-state index contributed by atoms with van der Waals surface area (Å²) < 4.78 is 14.7. The van der Waals surface area contributed by atoms with Crippen LogP contribution in [0.2, 0.25) is 14.8 Å². The Morgan fingerprint density at radius 1 is 1.10 bits per heavy atom. The first-order valence-corrected chi connectivity index (χ1v) is 17.4. The van der Waals surface area contributed by atoms with E-state index in [9.17, 15) is 0 Å². The fraction of sp³-hybridized carbons (Fsp3) is 0.444. The molecule has 0 radical (unpaired) electrons. The summed E-state index contributed by atoms with van der Waals surface area (Å²) in [6, 6.07) is 7.82. The first-order chi connectivity index (χ1) is 10.0. The van der Waals surface area contributed by atoms with Crippen LogP contribution in [0.3, 0.4) is 0 Å². The summed E-state index contributed by atoms with van der Waals surface area (Å²) in [5.74, 6) is 9.83. The summed E-state index contributed by atoms with van der Waals surface area (Å²) in [4.78, 5) is 6.84. The maximum absolute atomic E-state index is 5.79. The predicted octanol–water partition coefficient (Wildman–Crippen LogP) is 3.82. The van der Waals surface area contributed by atoms with Crippen LogP contribution in [0.4, 0.5) is 0 Å². The second-order valence-electron chi connectivity index (χ2n) is 6.19. The molecule has 0 saturated carbocycles. The molecular formula is C18H22O2Sn. The molecule has 1 heterocycles. The Balaban J connectivity index is 1.92. The van der Waals surface area contributed by atoms with Gasteiger partial charge in [-0.1, -0.05) is 0 Å². The van der Waals surface area contributed by atoms with E-state index in [1.807, 2.05) is 24.3 Å². The average Bonchev–Trinajstić information content (AvgIpc) is 2.45. The summed E-state index contributed by atoms with van der Waals surface area (Å²) in [7, 11) is 0. The number of hydrogen-bond acceptors (Lipinski definition) is 2. The topological polar surface area (TPSA) is 18.5 Å². The molecule has 0 amide bonds. The molecule has 21 heavy (non-hydrogen) atoms. The molecule has 0 aliphatic carbocycles. The molecule has 110 valence electrons. The average molecular weight is 389 g/mol. The molecule has 1 saturated heterocycles. The summed E-state index contributed by atoms with van der Waals surface area (Å²) in [5, 5.41) is 0. The first kappa shape index (κ1) is 16.3. The van der Waals surface area contributed by atoms with Crippen LogP contribution in [0.5, 0.6) is 5.75 Å².